The first-order valence-corrected chi connectivity index (χ1v) is 6.63. The minimum Gasteiger partial charge on any atom is -0.389 e. The predicted molar refractivity (Wildman–Crippen MR) is 72.4 cm³/mol. The lowest BCUT2D eigenvalue weighted by atomic mass is 9.91. The summed E-state index contributed by atoms with van der Waals surface area (Å²) in [6, 6.07) is 8.17. The van der Waals surface area contributed by atoms with Crippen molar-refractivity contribution in [1.82, 2.24) is 0 Å². The van der Waals surface area contributed by atoms with Gasteiger partial charge in [-0.15, -0.1) is 0 Å². The summed E-state index contributed by atoms with van der Waals surface area (Å²) in [5.74, 6) is -1.24. The number of hydrogen-bond donors (Lipinski definition) is 1. The van der Waals surface area contributed by atoms with Gasteiger partial charge < -0.3 is 10.6 Å². The highest BCUT2D eigenvalue weighted by Gasteiger charge is 2.39. The van der Waals surface area contributed by atoms with Crippen molar-refractivity contribution in [1.29, 1.82) is 0 Å². The number of benzene rings is 1. The van der Waals surface area contributed by atoms with E-state index in [2.05, 4.69) is 4.79 Å². The molecule has 1 aromatic rings. The highest BCUT2D eigenvalue weighted by molar-refractivity contribution is 6.67. The summed E-state index contributed by atoms with van der Waals surface area (Å²) < 4.78 is 0. The van der Waals surface area contributed by atoms with Crippen LogP contribution in [0.2, 0.25) is 0 Å². The van der Waals surface area contributed by atoms with Crippen molar-refractivity contribution in [2.45, 2.75) is 37.7 Å². The summed E-state index contributed by atoms with van der Waals surface area (Å²) in [6.07, 6.45) is 2.63. The number of carbonyl (C=O) groups is 2. The molecule has 0 aliphatic heterocycles. The summed E-state index contributed by atoms with van der Waals surface area (Å²) in [5.41, 5.74) is 7.65. The topological polar surface area (TPSA) is 90.8 Å². The number of rotatable bonds is 5. The molecule has 1 N–H and O–H groups in total. The maximum Gasteiger partial charge on any atom is 0.405 e. The number of carbonyl (C=O) groups excluding carboxylic acids is 2. The van der Waals surface area contributed by atoms with Gasteiger partial charge in [0.25, 0.3) is 11.6 Å². The minimum atomic E-state index is -1.07. The van der Waals surface area contributed by atoms with Gasteiger partial charge in [-0.3, -0.25) is 9.59 Å². The molecule has 1 aromatic carbocycles. The van der Waals surface area contributed by atoms with Gasteiger partial charge in [0.05, 0.1) is 5.60 Å². The Hall–Kier alpha value is -2.10. The van der Waals surface area contributed by atoms with E-state index in [0.29, 0.717) is 12.8 Å². The fourth-order valence-corrected chi connectivity index (χ4v) is 2.55. The molecule has 0 bridgehead atoms. The summed E-state index contributed by atoms with van der Waals surface area (Å²) in [5, 5.41) is 10.2. The van der Waals surface area contributed by atoms with Crippen LogP contribution in [0.4, 0.5) is 0 Å². The van der Waals surface area contributed by atoms with Crippen molar-refractivity contribution >= 4 is 17.3 Å². The van der Waals surface area contributed by atoms with E-state index in [4.69, 9.17) is 5.53 Å². The van der Waals surface area contributed by atoms with Crippen LogP contribution in [0, 0.1) is 0 Å². The molecular formula is C15H16N2O3. The second-order valence-corrected chi connectivity index (χ2v) is 5.18. The Bertz CT molecular complexity index is 568. The number of aliphatic hydroxyl groups is 1. The highest BCUT2D eigenvalue weighted by atomic mass is 16.3. The van der Waals surface area contributed by atoms with E-state index < -0.39 is 22.9 Å². The molecule has 0 aromatic heterocycles. The molecule has 1 aliphatic carbocycles. The highest BCUT2D eigenvalue weighted by Crippen LogP contribution is 2.32. The molecule has 0 spiro atoms. The third-order valence-corrected chi connectivity index (χ3v) is 3.64. The first-order chi connectivity index (χ1) is 9.56. The first kappa shape index (κ1) is 14.3. The molecule has 20 heavy (non-hydrogen) atoms. The lowest BCUT2D eigenvalue weighted by molar-refractivity contribution is -0.121. The molecule has 104 valence electrons. The van der Waals surface area contributed by atoms with E-state index in [1.165, 1.54) is 0 Å². The molecular weight excluding hydrogens is 256 g/mol. The van der Waals surface area contributed by atoms with Gasteiger partial charge in [0.2, 0.25) is 0 Å². The van der Waals surface area contributed by atoms with E-state index >= 15 is 0 Å². The fourth-order valence-electron chi connectivity index (χ4n) is 2.55. The molecule has 1 fully saturated rings. The molecule has 0 radical (unpaired) electrons. The maximum absolute atomic E-state index is 12.1. The van der Waals surface area contributed by atoms with Crippen LogP contribution in [-0.4, -0.2) is 32.8 Å². The van der Waals surface area contributed by atoms with Gasteiger partial charge in [0.1, 0.15) is 0 Å². The van der Waals surface area contributed by atoms with Crippen molar-refractivity contribution in [2.75, 3.05) is 0 Å². The van der Waals surface area contributed by atoms with Crippen LogP contribution >= 0.6 is 0 Å². The van der Waals surface area contributed by atoms with Crippen LogP contribution < -0.4 is 0 Å². The Balaban J connectivity index is 2.15. The molecule has 1 saturated carbocycles. The van der Waals surface area contributed by atoms with Gasteiger partial charge in [-0.2, -0.15) is 4.79 Å². The van der Waals surface area contributed by atoms with Crippen LogP contribution in [0.25, 0.3) is 5.53 Å². The van der Waals surface area contributed by atoms with Gasteiger partial charge in [0, 0.05) is 12.0 Å². The third kappa shape index (κ3) is 3.07. The van der Waals surface area contributed by atoms with Crippen molar-refractivity contribution in [3.8, 4) is 0 Å². The fraction of sp³-hybridized carbons (Fsp3) is 0.400. The average molecular weight is 272 g/mol. The molecule has 0 amide bonds. The van der Waals surface area contributed by atoms with Crippen molar-refractivity contribution in [3.63, 3.8) is 0 Å². The Morgan fingerprint density at radius 2 is 1.80 bits per heavy atom. The zero-order valence-electron chi connectivity index (χ0n) is 11.1. The van der Waals surface area contributed by atoms with E-state index in [9.17, 15) is 14.7 Å². The van der Waals surface area contributed by atoms with Crippen molar-refractivity contribution < 1.29 is 19.5 Å². The zero-order valence-corrected chi connectivity index (χ0v) is 11.1. The van der Waals surface area contributed by atoms with E-state index in [0.717, 1.165) is 12.8 Å². The number of nitrogens with zero attached hydrogens (tertiary/aromatic N) is 2. The summed E-state index contributed by atoms with van der Waals surface area (Å²) in [6.45, 7) is 0. The largest absolute Gasteiger partial charge is 0.405 e. The minimum absolute atomic E-state index is 0.176. The molecule has 0 atom stereocenters. The van der Waals surface area contributed by atoms with Crippen molar-refractivity contribution in [3.05, 3.63) is 41.4 Å². The molecule has 1 aliphatic rings. The normalized spacial score (nSPS) is 16.4. The Morgan fingerprint density at radius 3 is 2.35 bits per heavy atom. The number of ketones is 2. The molecule has 5 heteroatoms. The number of Topliss-reactive ketones (excluding diaryl/α,β-unsaturated/α-hetero) is 2. The standard InChI is InChI=1S/C15H16N2O3/c16-17-13(14(19)11-6-2-1-3-7-11)12(18)10-15(20)8-4-5-9-15/h1-3,6-7,20H,4-5,8-10H2. The van der Waals surface area contributed by atoms with Gasteiger partial charge in [-0.05, 0) is 12.8 Å². The third-order valence-electron chi connectivity index (χ3n) is 3.64. The predicted octanol–water partition coefficient (Wildman–Crippen LogP) is 1.80. The van der Waals surface area contributed by atoms with Gasteiger partial charge >= 0.3 is 5.71 Å². The smallest absolute Gasteiger partial charge is 0.389 e. The molecule has 0 saturated heterocycles. The van der Waals surface area contributed by atoms with Crippen LogP contribution in [0.15, 0.2) is 30.3 Å². The van der Waals surface area contributed by atoms with Crippen LogP contribution in [0.1, 0.15) is 42.5 Å². The monoisotopic (exact) mass is 272 g/mol. The zero-order chi connectivity index (χ0) is 14.6. The average Bonchev–Trinajstić information content (AvgIpc) is 2.86. The molecule has 0 unspecified atom stereocenters. The Labute approximate surface area is 116 Å². The summed E-state index contributed by atoms with van der Waals surface area (Å²) in [7, 11) is 0. The van der Waals surface area contributed by atoms with Gasteiger partial charge in [-0.1, -0.05) is 43.2 Å². The number of hydrogen-bond acceptors (Lipinski definition) is 3. The second kappa shape index (κ2) is 5.90. The second-order valence-electron chi connectivity index (χ2n) is 5.18. The Kier molecular flexibility index (Phi) is 4.23. The van der Waals surface area contributed by atoms with Crippen LogP contribution in [0.3, 0.4) is 0 Å². The molecule has 2 rings (SSSR count). The van der Waals surface area contributed by atoms with Crippen LogP contribution in [-0.2, 0) is 4.79 Å². The summed E-state index contributed by atoms with van der Waals surface area (Å²) >= 11 is 0. The molecule has 5 nitrogen and oxygen atoms in total. The summed E-state index contributed by atoms with van der Waals surface area (Å²) in [4.78, 5) is 27.0. The lowest BCUT2D eigenvalue weighted by Gasteiger charge is -2.19. The molecule has 0 heterocycles. The first-order valence-electron chi connectivity index (χ1n) is 6.63. The van der Waals surface area contributed by atoms with Crippen molar-refractivity contribution in [2.24, 2.45) is 0 Å². The van der Waals surface area contributed by atoms with Crippen LogP contribution in [0.5, 0.6) is 0 Å². The van der Waals surface area contributed by atoms with Gasteiger partial charge in [0.15, 0.2) is 0 Å². The SMILES string of the molecule is [N-]=[N+]=C(C(=O)CC1(O)CCCC1)C(=O)c1ccccc1. The van der Waals surface area contributed by atoms with Gasteiger partial charge in [-0.25, -0.2) is 0 Å². The van der Waals surface area contributed by atoms with E-state index in [1.807, 2.05) is 0 Å². The lowest BCUT2D eigenvalue weighted by Crippen LogP contribution is -2.34. The van der Waals surface area contributed by atoms with E-state index in [-0.39, 0.29) is 12.0 Å². The quantitative estimate of drug-likeness (QED) is 0.291. The Morgan fingerprint density at radius 1 is 1.20 bits per heavy atom. The maximum atomic E-state index is 12.1. The van der Waals surface area contributed by atoms with E-state index in [1.54, 1.807) is 30.3 Å².